The predicted molar refractivity (Wildman–Crippen MR) is 72.1 cm³/mol. The fraction of sp³-hybridized carbons (Fsp3) is 0.0769. The Bertz CT molecular complexity index is 558. The highest BCUT2D eigenvalue weighted by Gasteiger charge is 2.09. The monoisotopic (exact) mass is 260 g/mol. The maximum atomic E-state index is 11.9. The van der Waals surface area contributed by atoms with Gasteiger partial charge in [-0.15, -0.1) is 11.8 Å². The first kappa shape index (κ1) is 12.4. The van der Waals surface area contributed by atoms with Crippen LogP contribution in [0.2, 0.25) is 0 Å². The molecule has 1 aromatic carbocycles. The van der Waals surface area contributed by atoms with Crippen LogP contribution in [0, 0.1) is 0 Å². The highest BCUT2D eigenvalue weighted by molar-refractivity contribution is 7.98. The van der Waals surface area contributed by atoms with Crippen molar-refractivity contribution in [3.05, 3.63) is 48.3 Å². The van der Waals surface area contributed by atoms with Crippen LogP contribution in [-0.2, 0) is 0 Å². The zero-order chi connectivity index (χ0) is 13.0. The molecule has 1 heterocycles. The molecule has 92 valence electrons. The molecule has 4 nitrogen and oxygen atoms in total. The van der Waals surface area contributed by atoms with Gasteiger partial charge in [0.2, 0.25) is 0 Å². The van der Waals surface area contributed by atoms with E-state index >= 15 is 0 Å². The lowest BCUT2D eigenvalue weighted by Gasteiger charge is -2.09. The summed E-state index contributed by atoms with van der Waals surface area (Å²) in [6.07, 6.45) is 5.01. The summed E-state index contributed by atoms with van der Waals surface area (Å²) in [5.74, 6) is -0.0391. The summed E-state index contributed by atoms with van der Waals surface area (Å²) in [5.41, 5.74) is 1.17. The Morgan fingerprint density at radius 2 is 2.22 bits per heavy atom. The number of phenols is 1. The molecular weight excluding hydrogens is 248 g/mol. The Kier molecular flexibility index (Phi) is 3.84. The Balaban J connectivity index is 2.22. The van der Waals surface area contributed by atoms with E-state index in [1.165, 1.54) is 18.0 Å². The highest BCUT2D eigenvalue weighted by Crippen LogP contribution is 2.29. The molecule has 0 bridgehead atoms. The van der Waals surface area contributed by atoms with Crippen LogP contribution in [0.15, 0.2) is 47.6 Å². The molecule has 2 rings (SSSR count). The molecule has 0 aliphatic heterocycles. The van der Waals surface area contributed by atoms with Gasteiger partial charge in [0.15, 0.2) is 0 Å². The van der Waals surface area contributed by atoms with Crippen molar-refractivity contribution in [3.63, 3.8) is 0 Å². The molecule has 0 unspecified atom stereocenters. The minimum Gasteiger partial charge on any atom is -0.508 e. The quantitative estimate of drug-likeness (QED) is 0.658. The van der Waals surface area contributed by atoms with E-state index < -0.39 is 0 Å². The first-order valence-electron chi connectivity index (χ1n) is 5.29. The van der Waals surface area contributed by atoms with Crippen LogP contribution in [0.3, 0.4) is 0 Å². The number of hydrogen-bond acceptors (Lipinski definition) is 4. The number of carbonyl (C=O) groups excluding carboxylic acids is 1. The van der Waals surface area contributed by atoms with Crippen molar-refractivity contribution in [2.45, 2.75) is 4.90 Å². The number of nitrogens with one attached hydrogen (secondary N) is 1. The molecule has 0 saturated carbocycles. The summed E-state index contributed by atoms with van der Waals surface area (Å²) in [7, 11) is 0. The number of anilines is 1. The van der Waals surface area contributed by atoms with E-state index in [-0.39, 0.29) is 11.7 Å². The maximum absolute atomic E-state index is 11.9. The standard InChI is InChI=1S/C13H12N2O2S/c1-18-12-7-10(16)4-5-11(12)15-13(17)9-3-2-6-14-8-9/h2-8,16H,1H3,(H,15,17). The molecule has 0 spiro atoms. The Morgan fingerprint density at radius 3 is 2.89 bits per heavy atom. The van der Waals surface area contributed by atoms with E-state index in [0.717, 1.165) is 4.90 Å². The van der Waals surface area contributed by atoms with Gasteiger partial charge in [-0.05, 0) is 36.6 Å². The number of rotatable bonds is 3. The van der Waals surface area contributed by atoms with Crippen molar-refractivity contribution in [3.8, 4) is 5.75 Å². The summed E-state index contributed by atoms with van der Waals surface area (Å²) in [6.45, 7) is 0. The third-order valence-electron chi connectivity index (χ3n) is 2.36. The third-order valence-corrected chi connectivity index (χ3v) is 3.13. The number of amides is 1. The van der Waals surface area contributed by atoms with Gasteiger partial charge >= 0.3 is 0 Å². The number of aromatic nitrogens is 1. The van der Waals surface area contributed by atoms with Gasteiger partial charge in [0.05, 0.1) is 11.3 Å². The van der Waals surface area contributed by atoms with Gasteiger partial charge in [0, 0.05) is 17.3 Å². The molecular formula is C13H12N2O2S. The average molecular weight is 260 g/mol. The molecule has 2 N–H and O–H groups in total. The first-order chi connectivity index (χ1) is 8.70. The largest absolute Gasteiger partial charge is 0.508 e. The average Bonchev–Trinajstić information content (AvgIpc) is 2.41. The summed E-state index contributed by atoms with van der Waals surface area (Å²) in [6, 6.07) is 8.24. The van der Waals surface area contributed by atoms with Crippen LogP contribution in [0.25, 0.3) is 0 Å². The van der Waals surface area contributed by atoms with Crippen LogP contribution in [-0.4, -0.2) is 22.3 Å². The lowest BCUT2D eigenvalue weighted by molar-refractivity contribution is 0.102. The summed E-state index contributed by atoms with van der Waals surface area (Å²) in [5, 5.41) is 12.2. The second-order valence-electron chi connectivity index (χ2n) is 3.58. The van der Waals surface area contributed by atoms with Crippen LogP contribution < -0.4 is 5.32 Å². The summed E-state index contributed by atoms with van der Waals surface area (Å²) < 4.78 is 0. The fourth-order valence-electron chi connectivity index (χ4n) is 1.47. The molecule has 2 aromatic rings. The smallest absolute Gasteiger partial charge is 0.257 e. The lowest BCUT2D eigenvalue weighted by atomic mass is 10.2. The summed E-state index contributed by atoms with van der Waals surface area (Å²) in [4.78, 5) is 16.7. The molecule has 1 aromatic heterocycles. The number of aromatic hydroxyl groups is 1. The van der Waals surface area contributed by atoms with Crippen LogP contribution in [0.1, 0.15) is 10.4 Å². The van der Waals surface area contributed by atoms with Gasteiger partial charge in [-0.2, -0.15) is 0 Å². The minimum absolute atomic E-state index is 0.179. The van der Waals surface area contributed by atoms with E-state index in [0.29, 0.717) is 11.3 Å². The molecule has 18 heavy (non-hydrogen) atoms. The number of thioether (sulfide) groups is 1. The molecule has 0 aliphatic carbocycles. The van der Waals surface area contributed by atoms with Gasteiger partial charge in [0.25, 0.3) is 5.91 Å². The van der Waals surface area contributed by atoms with Gasteiger partial charge < -0.3 is 10.4 Å². The lowest BCUT2D eigenvalue weighted by Crippen LogP contribution is -2.12. The molecule has 5 heteroatoms. The van der Waals surface area contributed by atoms with E-state index in [9.17, 15) is 9.90 Å². The van der Waals surface area contributed by atoms with Gasteiger partial charge in [-0.25, -0.2) is 0 Å². The molecule has 1 amide bonds. The SMILES string of the molecule is CSc1cc(O)ccc1NC(=O)c1cccnc1. The van der Waals surface area contributed by atoms with Crippen molar-refractivity contribution < 1.29 is 9.90 Å². The fourth-order valence-corrected chi connectivity index (χ4v) is 2.05. The van der Waals surface area contributed by atoms with Gasteiger partial charge in [-0.3, -0.25) is 9.78 Å². The zero-order valence-electron chi connectivity index (χ0n) is 9.75. The van der Waals surface area contributed by atoms with Gasteiger partial charge in [-0.1, -0.05) is 0 Å². The second-order valence-corrected chi connectivity index (χ2v) is 4.43. The molecule has 0 atom stereocenters. The normalized spacial score (nSPS) is 10.1. The summed E-state index contributed by atoms with van der Waals surface area (Å²) >= 11 is 1.46. The Hall–Kier alpha value is -2.01. The van der Waals surface area contributed by atoms with Crippen molar-refractivity contribution in [1.82, 2.24) is 4.98 Å². The van der Waals surface area contributed by atoms with Crippen LogP contribution in [0.5, 0.6) is 5.75 Å². The Morgan fingerprint density at radius 1 is 1.39 bits per heavy atom. The Labute approximate surface area is 109 Å². The molecule has 0 aliphatic rings. The molecule has 0 saturated heterocycles. The third kappa shape index (κ3) is 2.81. The maximum Gasteiger partial charge on any atom is 0.257 e. The second kappa shape index (κ2) is 5.55. The van der Waals surface area contributed by atoms with E-state index in [1.807, 2.05) is 6.26 Å². The number of pyridine rings is 1. The number of benzene rings is 1. The highest BCUT2D eigenvalue weighted by atomic mass is 32.2. The minimum atomic E-state index is -0.218. The van der Waals surface area contributed by atoms with Crippen molar-refractivity contribution >= 4 is 23.4 Å². The predicted octanol–water partition coefficient (Wildman–Crippen LogP) is 2.76. The number of phenolic OH excluding ortho intramolecular Hbond substituents is 1. The van der Waals surface area contributed by atoms with Crippen molar-refractivity contribution in [2.24, 2.45) is 0 Å². The van der Waals surface area contributed by atoms with E-state index in [4.69, 9.17) is 0 Å². The molecule has 0 fully saturated rings. The zero-order valence-corrected chi connectivity index (χ0v) is 10.6. The number of hydrogen-bond donors (Lipinski definition) is 2. The first-order valence-corrected chi connectivity index (χ1v) is 6.51. The van der Waals surface area contributed by atoms with Gasteiger partial charge in [0.1, 0.15) is 5.75 Å². The molecule has 0 radical (unpaired) electrons. The van der Waals surface area contributed by atoms with Crippen LogP contribution >= 0.6 is 11.8 Å². The van der Waals surface area contributed by atoms with E-state index in [2.05, 4.69) is 10.3 Å². The number of carbonyl (C=O) groups is 1. The van der Waals surface area contributed by atoms with Crippen molar-refractivity contribution in [1.29, 1.82) is 0 Å². The van der Waals surface area contributed by atoms with Crippen molar-refractivity contribution in [2.75, 3.05) is 11.6 Å². The van der Waals surface area contributed by atoms with E-state index in [1.54, 1.807) is 36.5 Å². The number of nitrogens with zero attached hydrogens (tertiary/aromatic N) is 1. The van der Waals surface area contributed by atoms with Crippen LogP contribution in [0.4, 0.5) is 5.69 Å². The topological polar surface area (TPSA) is 62.2 Å².